The molecule has 0 radical (unpaired) electrons. The zero-order valence-electron chi connectivity index (χ0n) is 15.9. The number of fused-ring (bicyclic) bond motifs is 5. The minimum atomic E-state index is -0.0806. The second-order valence-electron chi connectivity index (χ2n) is 9.95. The Morgan fingerprint density at radius 1 is 1.12 bits per heavy atom. The lowest BCUT2D eigenvalue weighted by Gasteiger charge is -2.58. The lowest BCUT2D eigenvalue weighted by molar-refractivity contribution is -0.125. The molecule has 0 saturated heterocycles. The van der Waals surface area contributed by atoms with Gasteiger partial charge in [-0.2, -0.15) is 0 Å². The predicted octanol–water partition coefficient (Wildman–Crippen LogP) is 4.91. The van der Waals surface area contributed by atoms with E-state index in [2.05, 4.69) is 20.8 Å². The summed E-state index contributed by atoms with van der Waals surface area (Å²) < 4.78 is 0. The SMILES string of the molecule is CC(=O)[C@H]1CC[C@H]2[C@@H]3CC[C@@H]4C[C@H](O)CC[C@]4(C)C3=C(C)C[C@]12C. The maximum absolute atomic E-state index is 12.3. The van der Waals surface area contributed by atoms with Crippen LogP contribution in [-0.2, 0) is 4.79 Å². The molecule has 0 amide bonds. The van der Waals surface area contributed by atoms with Gasteiger partial charge in [-0.15, -0.1) is 0 Å². The zero-order chi connectivity index (χ0) is 17.3. The number of aliphatic hydroxyl groups is 1. The molecule has 0 unspecified atom stereocenters. The molecule has 2 nitrogen and oxygen atoms in total. The summed E-state index contributed by atoms with van der Waals surface area (Å²) in [5.41, 5.74) is 3.86. The Morgan fingerprint density at radius 3 is 2.58 bits per heavy atom. The number of hydrogen-bond acceptors (Lipinski definition) is 2. The molecule has 0 aromatic carbocycles. The van der Waals surface area contributed by atoms with Crippen LogP contribution in [0.1, 0.15) is 79.1 Å². The van der Waals surface area contributed by atoms with Gasteiger partial charge in [-0.3, -0.25) is 4.79 Å². The maximum atomic E-state index is 12.3. The third-order valence-corrected chi connectivity index (χ3v) is 8.76. The van der Waals surface area contributed by atoms with E-state index in [1.54, 1.807) is 11.1 Å². The Balaban J connectivity index is 1.75. The van der Waals surface area contributed by atoms with Crippen LogP contribution in [0, 0.1) is 34.5 Å². The van der Waals surface area contributed by atoms with E-state index < -0.39 is 0 Å². The molecule has 0 bridgehead atoms. The third-order valence-electron chi connectivity index (χ3n) is 8.76. The van der Waals surface area contributed by atoms with Gasteiger partial charge in [-0.1, -0.05) is 25.0 Å². The van der Waals surface area contributed by atoms with Gasteiger partial charge in [-0.05, 0) is 93.8 Å². The maximum Gasteiger partial charge on any atom is 0.133 e. The van der Waals surface area contributed by atoms with E-state index in [9.17, 15) is 9.90 Å². The molecule has 0 aliphatic heterocycles. The molecule has 1 N–H and O–H groups in total. The standard InChI is InChI=1S/C22H34O2/c1-13-12-22(4)18(14(2)23)7-8-19(22)17-6-5-15-11-16(24)9-10-21(15,3)20(13)17/h15-19,24H,5-12H2,1-4H3/t15-,16-,17+,18-,19+,21+,22-/m1/s1. The van der Waals surface area contributed by atoms with Gasteiger partial charge in [0, 0.05) is 5.92 Å². The second kappa shape index (κ2) is 5.43. The summed E-state index contributed by atoms with van der Waals surface area (Å²) in [5.74, 6) is 2.76. The van der Waals surface area contributed by atoms with Crippen molar-refractivity contribution in [2.24, 2.45) is 34.5 Å². The Labute approximate surface area is 147 Å². The second-order valence-corrected chi connectivity index (χ2v) is 9.95. The molecule has 2 heteroatoms. The lowest BCUT2D eigenvalue weighted by Crippen LogP contribution is -2.49. The summed E-state index contributed by atoms with van der Waals surface area (Å²) in [4.78, 5) is 12.3. The minimum Gasteiger partial charge on any atom is -0.393 e. The number of Topliss-reactive ketones (excluding diaryl/α,β-unsaturated/α-hetero) is 1. The van der Waals surface area contributed by atoms with Gasteiger partial charge in [0.05, 0.1) is 6.10 Å². The van der Waals surface area contributed by atoms with Crippen molar-refractivity contribution in [3.8, 4) is 0 Å². The minimum absolute atomic E-state index is 0.0806. The average Bonchev–Trinajstić information content (AvgIpc) is 2.84. The summed E-state index contributed by atoms with van der Waals surface area (Å²) in [5, 5.41) is 10.2. The van der Waals surface area contributed by atoms with Gasteiger partial charge >= 0.3 is 0 Å². The van der Waals surface area contributed by atoms with Gasteiger partial charge in [0.25, 0.3) is 0 Å². The zero-order valence-corrected chi connectivity index (χ0v) is 15.9. The van der Waals surface area contributed by atoms with Crippen LogP contribution in [-0.4, -0.2) is 17.0 Å². The van der Waals surface area contributed by atoms with E-state index >= 15 is 0 Å². The first kappa shape index (κ1) is 16.8. The average molecular weight is 331 g/mol. The molecular formula is C22H34O2. The van der Waals surface area contributed by atoms with Gasteiger partial charge in [-0.25, -0.2) is 0 Å². The van der Waals surface area contributed by atoms with Gasteiger partial charge in [0.1, 0.15) is 5.78 Å². The van der Waals surface area contributed by atoms with E-state index in [1.807, 2.05) is 6.92 Å². The normalized spacial score (nSPS) is 51.0. The molecule has 0 aromatic rings. The summed E-state index contributed by atoms with van der Waals surface area (Å²) in [6.07, 6.45) is 9.06. The Kier molecular flexibility index (Phi) is 3.81. The summed E-state index contributed by atoms with van der Waals surface area (Å²) in [6.45, 7) is 9.08. The van der Waals surface area contributed by atoms with Crippen LogP contribution in [0.5, 0.6) is 0 Å². The van der Waals surface area contributed by atoms with Crippen molar-refractivity contribution in [2.45, 2.75) is 85.2 Å². The highest BCUT2D eigenvalue weighted by Gasteiger charge is 2.59. The first-order valence-electron chi connectivity index (χ1n) is 10.2. The van der Waals surface area contributed by atoms with Crippen molar-refractivity contribution in [1.82, 2.24) is 0 Å². The van der Waals surface area contributed by atoms with Crippen LogP contribution < -0.4 is 0 Å². The summed E-state index contributed by atoms with van der Waals surface area (Å²) in [6, 6.07) is 0. The molecular weight excluding hydrogens is 296 g/mol. The summed E-state index contributed by atoms with van der Waals surface area (Å²) in [7, 11) is 0. The number of hydrogen-bond donors (Lipinski definition) is 1. The largest absolute Gasteiger partial charge is 0.393 e. The van der Waals surface area contributed by atoms with Crippen molar-refractivity contribution in [2.75, 3.05) is 0 Å². The quantitative estimate of drug-likeness (QED) is 0.694. The molecule has 24 heavy (non-hydrogen) atoms. The smallest absolute Gasteiger partial charge is 0.133 e. The van der Waals surface area contributed by atoms with Crippen LogP contribution >= 0.6 is 0 Å². The molecule has 0 aromatic heterocycles. The lowest BCUT2D eigenvalue weighted by atomic mass is 9.47. The number of allylic oxidation sites excluding steroid dienone is 2. The Hall–Kier alpha value is -0.630. The molecule has 3 saturated carbocycles. The fourth-order valence-electron chi connectivity index (χ4n) is 7.84. The number of aliphatic hydroxyl groups excluding tert-OH is 1. The molecule has 4 aliphatic rings. The Bertz CT molecular complexity index is 591. The third kappa shape index (κ3) is 2.14. The van der Waals surface area contributed by atoms with Gasteiger partial charge in [0.15, 0.2) is 0 Å². The van der Waals surface area contributed by atoms with Crippen molar-refractivity contribution in [1.29, 1.82) is 0 Å². The highest BCUT2D eigenvalue weighted by Crippen LogP contribution is 2.66. The highest BCUT2D eigenvalue weighted by molar-refractivity contribution is 5.79. The molecule has 4 rings (SSSR count). The van der Waals surface area contributed by atoms with E-state index in [-0.39, 0.29) is 17.4 Å². The van der Waals surface area contributed by atoms with Crippen LogP contribution in [0.15, 0.2) is 11.1 Å². The van der Waals surface area contributed by atoms with Crippen LogP contribution in [0.3, 0.4) is 0 Å². The first-order chi connectivity index (χ1) is 11.3. The van der Waals surface area contributed by atoms with Gasteiger partial charge in [0.2, 0.25) is 0 Å². The van der Waals surface area contributed by atoms with E-state index in [0.717, 1.165) is 32.1 Å². The molecule has 0 spiro atoms. The monoisotopic (exact) mass is 330 g/mol. The molecule has 4 aliphatic carbocycles. The fraction of sp³-hybridized carbons (Fsp3) is 0.864. The number of carbonyl (C=O) groups is 1. The van der Waals surface area contributed by atoms with Crippen LogP contribution in [0.25, 0.3) is 0 Å². The highest BCUT2D eigenvalue weighted by atomic mass is 16.3. The fourth-order valence-corrected chi connectivity index (χ4v) is 7.84. The number of carbonyl (C=O) groups excluding carboxylic acids is 1. The first-order valence-corrected chi connectivity index (χ1v) is 10.2. The number of ketones is 1. The van der Waals surface area contributed by atoms with Crippen LogP contribution in [0.4, 0.5) is 0 Å². The number of rotatable bonds is 1. The molecule has 3 fully saturated rings. The molecule has 7 atom stereocenters. The van der Waals surface area contributed by atoms with E-state index in [1.165, 1.54) is 19.3 Å². The van der Waals surface area contributed by atoms with E-state index in [0.29, 0.717) is 29.0 Å². The summed E-state index contributed by atoms with van der Waals surface area (Å²) >= 11 is 0. The van der Waals surface area contributed by atoms with Crippen molar-refractivity contribution < 1.29 is 9.90 Å². The van der Waals surface area contributed by atoms with Crippen molar-refractivity contribution in [3.05, 3.63) is 11.1 Å². The van der Waals surface area contributed by atoms with Gasteiger partial charge < -0.3 is 5.11 Å². The van der Waals surface area contributed by atoms with Crippen molar-refractivity contribution in [3.63, 3.8) is 0 Å². The molecule has 0 heterocycles. The Morgan fingerprint density at radius 2 is 1.88 bits per heavy atom. The van der Waals surface area contributed by atoms with Crippen LogP contribution in [0.2, 0.25) is 0 Å². The molecule has 134 valence electrons. The van der Waals surface area contributed by atoms with Crippen molar-refractivity contribution >= 4 is 5.78 Å². The predicted molar refractivity (Wildman–Crippen MR) is 96.5 cm³/mol. The topological polar surface area (TPSA) is 37.3 Å². The van der Waals surface area contributed by atoms with E-state index in [4.69, 9.17) is 0 Å².